The van der Waals surface area contributed by atoms with Gasteiger partial charge in [-0.05, 0) is 50.9 Å². The molecule has 25 heavy (non-hydrogen) atoms. The zero-order valence-corrected chi connectivity index (χ0v) is 17.0. The zero-order chi connectivity index (χ0) is 18.7. The SMILES string of the molecule is COC(=O)c1c(NC(=S)N2CCCCC2C)sc(C(=O)N(C)C)c1C. The van der Waals surface area contributed by atoms with Crippen LogP contribution in [0.15, 0.2) is 0 Å². The molecule has 1 unspecified atom stereocenters. The Kier molecular flexibility index (Phi) is 6.40. The highest BCUT2D eigenvalue weighted by atomic mass is 32.1. The first-order chi connectivity index (χ1) is 11.8. The normalized spacial score (nSPS) is 17.2. The van der Waals surface area contributed by atoms with Crippen LogP contribution in [0.4, 0.5) is 5.00 Å². The van der Waals surface area contributed by atoms with E-state index in [2.05, 4.69) is 17.1 Å². The first kappa shape index (κ1) is 19.7. The van der Waals surface area contributed by atoms with Crippen LogP contribution in [-0.2, 0) is 4.74 Å². The largest absolute Gasteiger partial charge is 0.465 e. The van der Waals surface area contributed by atoms with Crippen LogP contribution in [0.2, 0.25) is 0 Å². The van der Waals surface area contributed by atoms with E-state index in [0.717, 1.165) is 19.4 Å². The topological polar surface area (TPSA) is 61.9 Å². The number of nitrogens with one attached hydrogen (secondary N) is 1. The maximum atomic E-state index is 12.4. The third-order valence-corrected chi connectivity index (χ3v) is 5.95. The lowest BCUT2D eigenvalue weighted by atomic mass is 10.0. The second kappa shape index (κ2) is 8.14. The average molecular weight is 384 g/mol. The molecule has 8 heteroatoms. The fraction of sp³-hybridized carbons (Fsp3) is 0.588. The monoisotopic (exact) mass is 383 g/mol. The van der Waals surface area contributed by atoms with Crippen molar-refractivity contribution >= 4 is 45.5 Å². The van der Waals surface area contributed by atoms with Crippen molar-refractivity contribution in [1.29, 1.82) is 0 Å². The quantitative estimate of drug-likeness (QED) is 0.639. The highest BCUT2D eigenvalue weighted by Crippen LogP contribution is 2.35. The minimum atomic E-state index is -0.469. The molecule has 0 radical (unpaired) electrons. The van der Waals surface area contributed by atoms with Gasteiger partial charge in [0.25, 0.3) is 5.91 Å². The van der Waals surface area contributed by atoms with E-state index in [-0.39, 0.29) is 5.91 Å². The Hall–Kier alpha value is -1.67. The molecule has 2 rings (SSSR count). The summed E-state index contributed by atoms with van der Waals surface area (Å²) in [6, 6.07) is 0.360. The van der Waals surface area contributed by atoms with Crippen LogP contribution in [0.5, 0.6) is 0 Å². The van der Waals surface area contributed by atoms with Gasteiger partial charge in [0.2, 0.25) is 0 Å². The summed E-state index contributed by atoms with van der Waals surface area (Å²) in [6.07, 6.45) is 3.40. The van der Waals surface area contributed by atoms with Crippen molar-refractivity contribution in [1.82, 2.24) is 9.80 Å². The predicted octanol–water partition coefficient (Wildman–Crippen LogP) is 3.12. The fourth-order valence-corrected chi connectivity index (χ4v) is 4.58. The molecule has 0 saturated carbocycles. The molecular formula is C17H25N3O3S2. The summed E-state index contributed by atoms with van der Waals surface area (Å²) in [5.74, 6) is -0.610. The standard InChI is InChI=1S/C17H25N3O3S2/c1-10-8-6-7-9-20(10)17(24)18-14-12(16(22)23-5)11(2)13(25-14)15(21)19(3)4/h10H,6-9H2,1-5H3,(H,18,24). The Morgan fingerprint density at radius 1 is 1.36 bits per heavy atom. The Labute approximate surface area is 158 Å². The van der Waals surface area contributed by atoms with Gasteiger partial charge in [-0.2, -0.15) is 0 Å². The molecule has 1 aromatic heterocycles. The van der Waals surface area contributed by atoms with E-state index in [1.807, 2.05) is 0 Å². The lowest BCUT2D eigenvalue weighted by molar-refractivity contribution is 0.0601. The Morgan fingerprint density at radius 2 is 2.04 bits per heavy atom. The second-order valence-corrected chi connectivity index (χ2v) is 7.83. The predicted molar refractivity (Wildman–Crippen MR) is 105 cm³/mol. The van der Waals surface area contributed by atoms with Gasteiger partial charge in [-0.25, -0.2) is 4.79 Å². The number of piperidine rings is 1. The summed E-state index contributed by atoms with van der Waals surface area (Å²) in [4.78, 5) is 28.8. The maximum absolute atomic E-state index is 12.4. The molecule has 1 N–H and O–H groups in total. The van der Waals surface area contributed by atoms with Crippen molar-refractivity contribution in [3.63, 3.8) is 0 Å². The van der Waals surface area contributed by atoms with Gasteiger partial charge in [-0.3, -0.25) is 4.79 Å². The molecule has 138 valence electrons. The molecule has 1 atom stereocenters. The second-order valence-electron chi connectivity index (χ2n) is 6.42. The smallest absolute Gasteiger partial charge is 0.341 e. The van der Waals surface area contributed by atoms with Crippen molar-refractivity contribution in [2.45, 2.75) is 39.2 Å². The lowest BCUT2D eigenvalue weighted by Gasteiger charge is -2.35. The van der Waals surface area contributed by atoms with E-state index in [4.69, 9.17) is 17.0 Å². The molecule has 1 aliphatic rings. The number of hydrogen-bond acceptors (Lipinski definition) is 5. The van der Waals surface area contributed by atoms with Gasteiger partial charge in [0.15, 0.2) is 5.11 Å². The number of nitrogens with zero attached hydrogens (tertiary/aromatic N) is 2. The molecule has 1 saturated heterocycles. The van der Waals surface area contributed by atoms with Crippen LogP contribution in [0.25, 0.3) is 0 Å². The third-order valence-electron chi connectivity index (χ3n) is 4.42. The van der Waals surface area contributed by atoms with Gasteiger partial charge in [0, 0.05) is 26.7 Å². The van der Waals surface area contributed by atoms with Crippen molar-refractivity contribution < 1.29 is 14.3 Å². The molecule has 0 spiro atoms. The molecular weight excluding hydrogens is 358 g/mol. The number of likely N-dealkylation sites (tertiary alicyclic amines) is 1. The molecule has 1 aromatic rings. The van der Waals surface area contributed by atoms with Gasteiger partial charge in [-0.15, -0.1) is 11.3 Å². The van der Waals surface area contributed by atoms with Crippen molar-refractivity contribution in [3.05, 3.63) is 16.0 Å². The van der Waals surface area contributed by atoms with Gasteiger partial charge in [0.1, 0.15) is 5.00 Å². The zero-order valence-electron chi connectivity index (χ0n) is 15.3. The van der Waals surface area contributed by atoms with E-state index in [1.165, 1.54) is 29.8 Å². The molecule has 2 heterocycles. The fourth-order valence-electron chi connectivity index (χ4n) is 2.93. The number of carbonyl (C=O) groups excluding carboxylic acids is 2. The summed E-state index contributed by atoms with van der Waals surface area (Å²) in [5, 5.41) is 4.34. The maximum Gasteiger partial charge on any atom is 0.341 e. The Balaban J connectivity index is 2.35. The van der Waals surface area contributed by atoms with Crippen LogP contribution in [0.1, 0.15) is 51.8 Å². The summed E-state index contributed by atoms with van der Waals surface area (Å²) < 4.78 is 4.91. The van der Waals surface area contributed by atoms with Gasteiger partial charge >= 0.3 is 5.97 Å². The highest BCUT2D eigenvalue weighted by molar-refractivity contribution is 7.80. The van der Waals surface area contributed by atoms with Crippen LogP contribution in [-0.4, -0.2) is 60.6 Å². The molecule has 6 nitrogen and oxygen atoms in total. The van der Waals surface area contributed by atoms with Crippen LogP contribution >= 0.6 is 23.6 Å². The summed E-state index contributed by atoms with van der Waals surface area (Å²) in [7, 11) is 4.71. The van der Waals surface area contributed by atoms with Gasteiger partial charge in [0.05, 0.1) is 17.6 Å². The summed E-state index contributed by atoms with van der Waals surface area (Å²) in [6.45, 7) is 4.81. The Morgan fingerprint density at radius 3 is 2.60 bits per heavy atom. The molecule has 1 aliphatic heterocycles. The van der Waals surface area contributed by atoms with E-state index < -0.39 is 5.97 Å². The van der Waals surface area contributed by atoms with Gasteiger partial charge < -0.3 is 19.9 Å². The number of rotatable bonds is 3. The molecule has 1 amide bonds. The molecule has 0 bridgehead atoms. The van der Waals surface area contributed by atoms with Crippen molar-refractivity contribution in [2.24, 2.45) is 0 Å². The first-order valence-electron chi connectivity index (χ1n) is 8.28. The van der Waals surface area contributed by atoms with Crippen LogP contribution in [0, 0.1) is 6.92 Å². The number of anilines is 1. The minimum Gasteiger partial charge on any atom is -0.465 e. The number of methoxy groups -OCH3 is 1. The number of hydrogen-bond donors (Lipinski definition) is 1. The minimum absolute atomic E-state index is 0.141. The lowest BCUT2D eigenvalue weighted by Crippen LogP contribution is -2.44. The van der Waals surface area contributed by atoms with E-state index in [9.17, 15) is 9.59 Å². The molecule has 0 aliphatic carbocycles. The van der Waals surface area contributed by atoms with Crippen LogP contribution < -0.4 is 5.32 Å². The van der Waals surface area contributed by atoms with Gasteiger partial charge in [-0.1, -0.05) is 0 Å². The number of thiophene rings is 1. The number of carbonyl (C=O) groups is 2. The first-order valence-corrected chi connectivity index (χ1v) is 9.51. The van der Waals surface area contributed by atoms with Crippen molar-refractivity contribution in [2.75, 3.05) is 33.1 Å². The van der Waals surface area contributed by atoms with Crippen LogP contribution in [0.3, 0.4) is 0 Å². The number of esters is 1. The Bertz CT molecular complexity index is 685. The third kappa shape index (κ3) is 4.12. The van der Waals surface area contributed by atoms with E-state index >= 15 is 0 Å². The number of thiocarbonyl (C=S) groups is 1. The number of amides is 1. The van der Waals surface area contributed by atoms with Crippen molar-refractivity contribution in [3.8, 4) is 0 Å². The number of ether oxygens (including phenoxy) is 1. The van der Waals surface area contributed by atoms with E-state index in [0.29, 0.717) is 32.2 Å². The molecule has 0 aromatic carbocycles. The highest BCUT2D eigenvalue weighted by Gasteiger charge is 2.28. The molecule has 1 fully saturated rings. The average Bonchev–Trinajstić information content (AvgIpc) is 2.89. The summed E-state index contributed by atoms with van der Waals surface area (Å²) in [5.41, 5.74) is 0.997. The van der Waals surface area contributed by atoms with E-state index in [1.54, 1.807) is 21.0 Å². The summed E-state index contributed by atoms with van der Waals surface area (Å²) >= 11 is 6.80.